The normalized spacial score (nSPS) is 14.0. The smallest absolute Gasteiger partial charge is 0.164 e. The number of para-hydroxylation sites is 2. The van der Waals surface area contributed by atoms with Crippen molar-refractivity contribution >= 4 is 56.9 Å². The third-order valence-corrected chi connectivity index (χ3v) is 12.3. The zero-order valence-corrected chi connectivity index (χ0v) is 31.2. The first-order valence-corrected chi connectivity index (χ1v) is 18.6. The van der Waals surface area contributed by atoms with Crippen molar-refractivity contribution in [3.63, 3.8) is 0 Å². The summed E-state index contributed by atoms with van der Waals surface area (Å²) in [5.74, 6) is 0.104. The molecule has 1 N–H and O–H groups in total. The van der Waals surface area contributed by atoms with Crippen LogP contribution < -0.4 is 10.4 Å². The molecule has 1 radical (unpaired) electrons. The number of nitrogens with zero attached hydrogens (tertiary/aromatic N) is 2. The van der Waals surface area contributed by atoms with Crippen molar-refractivity contribution in [1.82, 2.24) is 9.55 Å². The monoisotopic (exact) mass is 802 g/mol. The van der Waals surface area contributed by atoms with Gasteiger partial charge in [0, 0.05) is 48.2 Å². The van der Waals surface area contributed by atoms with Crippen LogP contribution in [0.15, 0.2) is 103 Å². The zero-order chi connectivity index (χ0) is 32.3. The number of benzene rings is 4. The summed E-state index contributed by atoms with van der Waals surface area (Å²) in [5.41, 5.74) is 6.20. The summed E-state index contributed by atoms with van der Waals surface area (Å²) >= 11 is 0. The van der Waals surface area contributed by atoms with Crippen LogP contribution in [-0.2, 0) is 24.9 Å². The fourth-order valence-electron chi connectivity index (χ4n) is 6.09. The Bertz CT molecular complexity index is 2130. The number of pyridine rings is 1. The van der Waals surface area contributed by atoms with Gasteiger partial charge < -0.3 is 9.67 Å². The number of carbonyl (C=O) groups excluding carboxylic acids is 1. The van der Waals surface area contributed by atoms with E-state index >= 15 is 0 Å². The van der Waals surface area contributed by atoms with Crippen LogP contribution in [0.25, 0.3) is 49.7 Å². The van der Waals surface area contributed by atoms with Crippen molar-refractivity contribution < 1.29 is 30.0 Å². The van der Waals surface area contributed by atoms with Crippen molar-refractivity contribution in [3.05, 3.63) is 109 Å². The van der Waals surface area contributed by atoms with Crippen LogP contribution in [0.5, 0.6) is 0 Å². The molecule has 1 aliphatic heterocycles. The van der Waals surface area contributed by atoms with E-state index in [1.54, 1.807) is 0 Å². The van der Waals surface area contributed by atoms with Crippen LogP contribution in [0.1, 0.15) is 41.5 Å². The number of carbonyl (C=O) groups is 1. The number of hydrogen-bond acceptors (Lipinski definition) is 3. The molecular formula is C40H41IrN2O2Si-. The molecule has 3 heterocycles. The molecule has 2 aromatic heterocycles. The largest absolute Gasteiger partial charge is 0.512 e. The SMILES string of the molecule is CC(C)(C)C(=O)/C=C(\O)C(C)(C)C.C[Si]1(C)c2cc3ccccc3nc2-c2[c-]ccc3c2c2c1cccc2n3-c1ccccc1.[Ir]. The molecule has 0 amide bonds. The molecular weight excluding hydrogens is 761 g/mol. The first kappa shape index (κ1) is 33.5. The minimum absolute atomic E-state index is 0. The maximum atomic E-state index is 11.5. The summed E-state index contributed by atoms with van der Waals surface area (Å²) in [4.78, 5) is 16.7. The number of ketones is 1. The van der Waals surface area contributed by atoms with Gasteiger partial charge in [-0.1, -0.05) is 125 Å². The molecule has 1 aliphatic rings. The molecule has 0 atom stereocenters. The quantitative estimate of drug-likeness (QED) is 0.0824. The summed E-state index contributed by atoms with van der Waals surface area (Å²) in [6.45, 7) is 16.0. The van der Waals surface area contributed by atoms with E-state index in [0.29, 0.717) is 0 Å². The molecule has 0 spiro atoms. The summed E-state index contributed by atoms with van der Waals surface area (Å²) in [7, 11) is -2.03. The average Bonchev–Trinajstić information content (AvgIpc) is 3.31. The van der Waals surface area contributed by atoms with Gasteiger partial charge in [0.15, 0.2) is 5.78 Å². The van der Waals surface area contributed by atoms with E-state index in [1.807, 2.05) is 41.5 Å². The predicted octanol–water partition coefficient (Wildman–Crippen LogP) is 9.02. The Hall–Kier alpha value is -3.83. The van der Waals surface area contributed by atoms with E-state index in [9.17, 15) is 9.90 Å². The number of fused-ring (bicyclic) bond motifs is 3. The molecule has 7 rings (SSSR count). The molecule has 0 bridgehead atoms. The Labute approximate surface area is 286 Å². The Morgan fingerprint density at radius 3 is 2.13 bits per heavy atom. The van der Waals surface area contributed by atoms with Gasteiger partial charge >= 0.3 is 0 Å². The number of hydrogen-bond donors (Lipinski definition) is 1. The van der Waals surface area contributed by atoms with Gasteiger partial charge in [0.05, 0.1) is 5.52 Å². The Morgan fingerprint density at radius 1 is 0.804 bits per heavy atom. The molecule has 0 aliphatic carbocycles. The van der Waals surface area contributed by atoms with Crippen LogP contribution >= 0.6 is 0 Å². The van der Waals surface area contributed by atoms with E-state index in [4.69, 9.17) is 4.98 Å². The fourth-order valence-corrected chi connectivity index (χ4v) is 9.06. The fraction of sp³-hybridized carbons (Fsp3) is 0.250. The van der Waals surface area contributed by atoms with E-state index < -0.39 is 13.5 Å². The van der Waals surface area contributed by atoms with Crippen molar-refractivity contribution in [3.8, 4) is 16.9 Å². The summed E-state index contributed by atoms with van der Waals surface area (Å²) in [6.07, 6.45) is 1.33. The molecule has 0 unspecified atom stereocenters. The summed E-state index contributed by atoms with van der Waals surface area (Å²) in [5, 5.41) is 16.3. The second-order valence-electron chi connectivity index (χ2n) is 14.6. The van der Waals surface area contributed by atoms with Crippen LogP contribution in [0, 0.1) is 16.9 Å². The molecule has 0 saturated heterocycles. The molecule has 0 fully saturated rings. The number of aliphatic hydroxyl groups excluding tert-OH is 1. The number of rotatable bonds is 2. The molecule has 0 saturated carbocycles. The standard InChI is InChI=1S/C29H21N2Si.C11H20O2.Ir/c1-32(2)25-17-9-16-24-28(25)27-21(29-26(32)18-19-10-6-7-14-22(19)30-29)13-8-15-23(27)31(24)20-11-4-3-5-12-20;1-10(2,3)8(12)7-9(13)11(4,5)6;/h3-12,14-18H,1-2H3;7,12H,1-6H3;/q-1;;/b;8-7-;. The second-order valence-corrected chi connectivity index (χ2v) is 18.9. The van der Waals surface area contributed by atoms with Crippen molar-refractivity contribution in [2.75, 3.05) is 0 Å². The van der Waals surface area contributed by atoms with Gasteiger partial charge in [0.25, 0.3) is 0 Å². The zero-order valence-electron chi connectivity index (χ0n) is 27.8. The van der Waals surface area contributed by atoms with Gasteiger partial charge in [0.2, 0.25) is 0 Å². The van der Waals surface area contributed by atoms with Gasteiger partial charge in [-0.2, -0.15) is 0 Å². The molecule has 237 valence electrons. The van der Waals surface area contributed by atoms with Gasteiger partial charge in [-0.05, 0) is 46.2 Å². The molecule has 6 heteroatoms. The number of allylic oxidation sites excluding steroid dienone is 2. The number of aliphatic hydroxyl groups is 1. The molecule has 4 nitrogen and oxygen atoms in total. The van der Waals surface area contributed by atoms with Gasteiger partial charge in [-0.15, -0.1) is 23.8 Å². The van der Waals surface area contributed by atoms with Crippen LogP contribution in [0.3, 0.4) is 0 Å². The summed E-state index contributed by atoms with van der Waals surface area (Å²) < 4.78 is 2.40. The van der Waals surface area contributed by atoms with Crippen molar-refractivity contribution in [2.24, 2.45) is 10.8 Å². The van der Waals surface area contributed by atoms with Gasteiger partial charge in [-0.25, -0.2) is 0 Å². The van der Waals surface area contributed by atoms with Crippen molar-refractivity contribution in [1.29, 1.82) is 0 Å². The first-order chi connectivity index (χ1) is 21.2. The van der Waals surface area contributed by atoms with Crippen LogP contribution in [0.2, 0.25) is 13.1 Å². The third kappa shape index (κ3) is 5.79. The molecule has 6 aromatic rings. The minimum Gasteiger partial charge on any atom is -0.512 e. The minimum atomic E-state index is -2.03. The van der Waals surface area contributed by atoms with Gasteiger partial charge in [0.1, 0.15) is 13.8 Å². The average molecular weight is 802 g/mol. The molecule has 4 aromatic carbocycles. The first-order valence-electron chi connectivity index (χ1n) is 15.6. The maximum Gasteiger partial charge on any atom is 0.164 e. The van der Waals surface area contributed by atoms with Crippen molar-refractivity contribution in [2.45, 2.75) is 54.6 Å². The number of aromatic nitrogens is 2. The Kier molecular flexibility index (Phi) is 8.80. The van der Waals surface area contributed by atoms with Gasteiger partial charge in [-0.3, -0.25) is 9.78 Å². The maximum absolute atomic E-state index is 11.5. The molecule has 46 heavy (non-hydrogen) atoms. The van der Waals surface area contributed by atoms with Crippen LogP contribution in [0.4, 0.5) is 0 Å². The Morgan fingerprint density at radius 2 is 1.46 bits per heavy atom. The second kappa shape index (κ2) is 12.1. The third-order valence-electron chi connectivity index (χ3n) is 8.85. The Balaban J connectivity index is 0.000000256. The summed E-state index contributed by atoms with van der Waals surface area (Å²) in [6, 6.07) is 36.3. The van der Waals surface area contributed by atoms with E-state index in [-0.39, 0.29) is 37.1 Å². The van der Waals surface area contributed by atoms with E-state index in [0.717, 1.165) is 16.8 Å². The topological polar surface area (TPSA) is 55.1 Å². The van der Waals surface area contributed by atoms with Crippen LogP contribution in [-0.4, -0.2) is 28.5 Å². The predicted molar refractivity (Wildman–Crippen MR) is 192 cm³/mol. The van der Waals surface area contributed by atoms with E-state index in [2.05, 4.69) is 115 Å². The van der Waals surface area contributed by atoms with E-state index in [1.165, 1.54) is 49.3 Å².